The van der Waals surface area contributed by atoms with Crippen molar-refractivity contribution in [1.29, 1.82) is 0 Å². The molecular weight excluding hydrogens is 398 g/mol. The van der Waals surface area contributed by atoms with Crippen LogP contribution in [0, 0.1) is 17.8 Å². The summed E-state index contributed by atoms with van der Waals surface area (Å²) in [4.78, 5) is 38.2. The SMILES string of the molecule is CC(C)C(N)C(=O)NCCN(CCNC(=O)C(N)C(C)C)CCNC(=O)C(N)C(C)C. The van der Waals surface area contributed by atoms with Crippen molar-refractivity contribution in [2.24, 2.45) is 35.0 Å². The van der Waals surface area contributed by atoms with Crippen LogP contribution in [0.5, 0.6) is 0 Å². The highest BCUT2D eigenvalue weighted by molar-refractivity contribution is 5.82. The second-order valence-corrected chi connectivity index (χ2v) is 9.02. The molecule has 0 bridgehead atoms. The Kier molecular flexibility index (Phi) is 14.3. The number of nitrogens with one attached hydrogen (secondary N) is 3. The lowest BCUT2D eigenvalue weighted by Crippen LogP contribution is -2.50. The van der Waals surface area contributed by atoms with Gasteiger partial charge in [-0.1, -0.05) is 41.5 Å². The summed E-state index contributed by atoms with van der Waals surface area (Å²) in [5.74, 6) is -0.419. The summed E-state index contributed by atoms with van der Waals surface area (Å²) in [6.45, 7) is 14.3. The number of nitrogens with zero attached hydrogens (tertiary/aromatic N) is 1. The van der Waals surface area contributed by atoms with Crippen molar-refractivity contribution in [2.45, 2.75) is 59.7 Å². The Labute approximate surface area is 187 Å². The largest absolute Gasteiger partial charge is 0.353 e. The van der Waals surface area contributed by atoms with Crippen LogP contribution in [0.15, 0.2) is 0 Å². The number of hydrogen-bond donors (Lipinski definition) is 6. The predicted octanol–water partition coefficient (Wildman–Crippen LogP) is -1.41. The molecule has 0 aromatic rings. The van der Waals surface area contributed by atoms with Gasteiger partial charge in [0.2, 0.25) is 17.7 Å². The van der Waals surface area contributed by atoms with E-state index < -0.39 is 18.1 Å². The van der Waals surface area contributed by atoms with E-state index in [2.05, 4.69) is 16.0 Å². The van der Waals surface area contributed by atoms with Crippen LogP contribution < -0.4 is 33.2 Å². The van der Waals surface area contributed by atoms with E-state index in [0.717, 1.165) is 0 Å². The van der Waals surface area contributed by atoms with Crippen LogP contribution in [-0.2, 0) is 14.4 Å². The molecule has 0 aliphatic carbocycles. The van der Waals surface area contributed by atoms with Gasteiger partial charge in [-0.3, -0.25) is 19.3 Å². The van der Waals surface area contributed by atoms with E-state index in [0.29, 0.717) is 39.3 Å². The van der Waals surface area contributed by atoms with E-state index in [9.17, 15) is 14.4 Å². The number of rotatable bonds is 15. The molecule has 0 heterocycles. The van der Waals surface area contributed by atoms with Crippen molar-refractivity contribution in [3.8, 4) is 0 Å². The molecule has 0 aromatic heterocycles. The van der Waals surface area contributed by atoms with Gasteiger partial charge in [0, 0.05) is 39.3 Å². The fourth-order valence-electron chi connectivity index (χ4n) is 2.61. The molecule has 0 radical (unpaired) electrons. The first kappa shape index (κ1) is 29.2. The minimum atomic E-state index is -0.554. The molecule has 0 aliphatic heterocycles. The van der Waals surface area contributed by atoms with Gasteiger partial charge in [-0.15, -0.1) is 0 Å². The lowest BCUT2D eigenvalue weighted by Gasteiger charge is -2.25. The quantitative estimate of drug-likeness (QED) is 0.181. The Balaban J connectivity index is 4.65. The van der Waals surface area contributed by atoms with E-state index in [1.165, 1.54) is 0 Å². The highest BCUT2D eigenvalue weighted by Crippen LogP contribution is 1.99. The zero-order valence-corrected chi connectivity index (χ0v) is 20.1. The monoisotopic (exact) mass is 443 g/mol. The molecule has 10 heteroatoms. The molecule has 31 heavy (non-hydrogen) atoms. The zero-order chi connectivity index (χ0) is 24.1. The first-order valence-electron chi connectivity index (χ1n) is 11.2. The van der Waals surface area contributed by atoms with Crippen LogP contribution in [0.3, 0.4) is 0 Å². The van der Waals surface area contributed by atoms with Crippen molar-refractivity contribution < 1.29 is 14.4 Å². The van der Waals surface area contributed by atoms with Crippen molar-refractivity contribution in [3.05, 3.63) is 0 Å². The van der Waals surface area contributed by atoms with Crippen LogP contribution in [0.25, 0.3) is 0 Å². The summed E-state index contributed by atoms with van der Waals surface area (Å²) < 4.78 is 0. The van der Waals surface area contributed by atoms with Gasteiger partial charge in [0.1, 0.15) is 0 Å². The van der Waals surface area contributed by atoms with Gasteiger partial charge in [-0.25, -0.2) is 0 Å². The topological polar surface area (TPSA) is 169 Å². The van der Waals surface area contributed by atoms with Gasteiger partial charge in [0.05, 0.1) is 18.1 Å². The molecule has 9 N–H and O–H groups in total. The zero-order valence-electron chi connectivity index (χ0n) is 20.1. The average Bonchev–Trinajstić information content (AvgIpc) is 2.70. The second-order valence-electron chi connectivity index (χ2n) is 9.02. The van der Waals surface area contributed by atoms with Crippen LogP contribution in [0.4, 0.5) is 0 Å². The van der Waals surface area contributed by atoms with Crippen LogP contribution >= 0.6 is 0 Å². The Morgan fingerprint density at radius 3 is 1.00 bits per heavy atom. The summed E-state index contributed by atoms with van der Waals surface area (Å²) in [5.41, 5.74) is 17.6. The number of hydrogen-bond acceptors (Lipinski definition) is 7. The molecule has 0 aliphatic rings. The summed E-state index contributed by atoms with van der Waals surface area (Å²) in [5, 5.41) is 8.52. The van der Waals surface area contributed by atoms with E-state index in [1.807, 2.05) is 46.4 Å². The molecule has 0 spiro atoms. The highest BCUT2D eigenvalue weighted by Gasteiger charge is 2.19. The summed E-state index contributed by atoms with van der Waals surface area (Å²) >= 11 is 0. The Bertz CT molecular complexity index is 479. The average molecular weight is 444 g/mol. The van der Waals surface area contributed by atoms with Crippen LogP contribution in [-0.4, -0.2) is 80.0 Å². The first-order chi connectivity index (χ1) is 14.4. The maximum absolute atomic E-state index is 12.1. The summed E-state index contributed by atoms with van der Waals surface area (Å²) in [6.07, 6.45) is 0. The third-order valence-corrected chi connectivity index (χ3v) is 5.24. The molecule has 3 amide bonds. The van der Waals surface area contributed by atoms with Gasteiger partial charge in [0.25, 0.3) is 0 Å². The van der Waals surface area contributed by atoms with Crippen LogP contribution in [0.2, 0.25) is 0 Å². The Hall–Kier alpha value is -1.75. The lowest BCUT2D eigenvalue weighted by atomic mass is 10.1. The van der Waals surface area contributed by atoms with Gasteiger partial charge in [-0.2, -0.15) is 0 Å². The second kappa shape index (κ2) is 15.1. The molecule has 0 saturated heterocycles. The number of nitrogens with two attached hydrogens (primary N) is 3. The van der Waals surface area contributed by atoms with E-state index in [1.54, 1.807) is 0 Å². The smallest absolute Gasteiger partial charge is 0.237 e. The van der Waals surface area contributed by atoms with Gasteiger partial charge in [0.15, 0.2) is 0 Å². The first-order valence-corrected chi connectivity index (χ1v) is 11.2. The van der Waals surface area contributed by atoms with E-state index in [-0.39, 0.29) is 35.5 Å². The Morgan fingerprint density at radius 2 is 0.806 bits per heavy atom. The van der Waals surface area contributed by atoms with Crippen LogP contribution in [0.1, 0.15) is 41.5 Å². The van der Waals surface area contributed by atoms with Crippen molar-refractivity contribution in [3.63, 3.8) is 0 Å². The van der Waals surface area contributed by atoms with Gasteiger partial charge >= 0.3 is 0 Å². The summed E-state index contributed by atoms with van der Waals surface area (Å²) in [7, 11) is 0. The van der Waals surface area contributed by atoms with Crippen molar-refractivity contribution >= 4 is 17.7 Å². The van der Waals surface area contributed by atoms with E-state index in [4.69, 9.17) is 17.2 Å². The standard InChI is InChI=1S/C21H45N7O3/c1-13(2)16(22)19(29)25-7-10-28(11-8-26-20(30)17(23)14(3)4)12-9-27-21(31)18(24)15(5)6/h13-18H,7-12,22-24H2,1-6H3,(H,25,29)(H,26,30)(H,27,31). The molecule has 10 nitrogen and oxygen atoms in total. The molecule has 0 saturated carbocycles. The molecule has 3 unspecified atom stereocenters. The fraction of sp³-hybridized carbons (Fsp3) is 0.857. The third-order valence-electron chi connectivity index (χ3n) is 5.24. The maximum atomic E-state index is 12.1. The molecule has 0 fully saturated rings. The molecule has 182 valence electrons. The minimum Gasteiger partial charge on any atom is -0.353 e. The molecule has 0 aromatic carbocycles. The molecule has 0 rings (SSSR count). The minimum absolute atomic E-state index is 0.0526. The van der Waals surface area contributed by atoms with Gasteiger partial charge in [-0.05, 0) is 17.8 Å². The normalized spacial score (nSPS) is 14.6. The summed E-state index contributed by atoms with van der Waals surface area (Å²) in [6, 6.07) is -1.66. The van der Waals surface area contributed by atoms with Crippen molar-refractivity contribution in [2.75, 3.05) is 39.3 Å². The van der Waals surface area contributed by atoms with Gasteiger partial charge < -0.3 is 33.2 Å². The fourth-order valence-corrected chi connectivity index (χ4v) is 2.61. The van der Waals surface area contributed by atoms with Crippen molar-refractivity contribution in [1.82, 2.24) is 20.9 Å². The lowest BCUT2D eigenvalue weighted by molar-refractivity contribution is -0.123. The molecule has 3 atom stereocenters. The number of amides is 3. The predicted molar refractivity (Wildman–Crippen MR) is 124 cm³/mol. The Morgan fingerprint density at radius 1 is 0.581 bits per heavy atom. The number of carbonyl (C=O) groups is 3. The van der Waals surface area contributed by atoms with E-state index >= 15 is 0 Å². The maximum Gasteiger partial charge on any atom is 0.237 e. The highest BCUT2D eigenvalue weighted by atomic mass is 16.2. The molecular formula is C21H45N7O3. The third kappa shape index (κ3) is 12.0. The number of carbonyl (C=O) groups excluding carboxylic acids is 3.